The maximum Gasteiger partial charge on any atom is 0.313 e. The van der Waals surface area contributed by atoms with Crippen molar-refractivity contribution >= 4 is 46.5 Å². The molecule has 0 bridgehead atoms. The van der Waals surface area contributed by atoms with E-state index in [1.165, 1.54) is 12.1 Å². The van der Waals surface area contributed by atoms with Gasteiger partial charge in [0, 0.05) is 25.3 Å². The van der Waals surface area contributed by atoms with Crippen molar-refractivity contribution in [3.05, 3.63) is 39.6 Å². The summed E-state index contributed by atoms with van der Waals surface area (Å²) in [6.45, 7) is 3.22. The van der Waals surface area contributed by atoms with E-state index in [2.05, 4.69) is 20.2 Å². The average Bonchev–Trinajstić information content (AvgIpc) is 3.14. The van der Waals surface area contributed by atoms with Crippen LogP contribution in [0.25, 0.3) is 0 Å². The highest BCUT2D eigenvalue weighted by atomic mass is 35.5. The van der Waals surface area contributed by atoms with E-state index in [1.54, 1.807) is 11.8 Å². The topological polar surface area (TPSA) is 104 Å². The van der Waals surface area contributed by atoms with Gasteiger partial charge in [-0.3, -0.25) is 14.4 Å². The molecule has 3 amide bonds. The number of carbonyl (C=O) groups is 3. The van der Waals surface area contributed by atoms with Crippen LogP contribution >= 0.6 is 23.1 Å². The number of halogens is 2. The summed E-state index contributed by atoms with van der Waals surface area (Å²) in [5.41, 5.74) is 0.860. The number of nitrogens with zero attached hydrogens (tertiary/aromatic N) is 3. The van der Waals surface area contributed by atoms with Crippen molar-refractivity contribution in [3.8, 4) is 0 Å². The third kappa shape index (κ3) is 5.27. The fraction of sp³-hybridized carbons (Fsp3) is 0.389. The Bertz CT molecular complexity index is 930. The Morgan fingerprint density at radius 1 is 1.28 bits per heavy atom. The van der Waals surface area contributed by atoms with Gasteiger partial charge in [0.25, 0.3) is 5.91 Å². The Kier molecular flexibility index (Phi) is 6.75. The predicted molar refractivity (Wildman–Crippen MR) is 106 cm³/mol. The number of hydrogen-bond donors (Lipinski definition) is 2. The lowest BCUT2D eigenvalue weighted by atomic mass is 9.96. The molecule has 1 fully saturated rings. The lowest BCUT2D eigenvalue weighted by Gasteiger charge is -2.31. The standard InChI is InChI=1S/C18H19ClFN5O3S/c1-10-15(29-24-23-10)18(28)25-6-4-11(5-7-25)9-21-16(26)17(27)22-12-2-3-14(20)13(19)8-12/h2-3,8,11H,4-7,9H2,1H3,(H,21,26)(H,22,27). The first-order valence-corrected chi connectivity index (χ1v) is 10.1. The molecular weight excluding hydrogens is 421 g/mol. The third-order valence-electron chi connectivity index (χ3n) is 4.68. The quantitative estimate of drug-likeness (QED) is 0.711. The number of rotatable bonds is 4. The SMILES string of the molecule is Cc1nnsc1C(=O)N1CCC(CNC(=O)C(=O)Nc2ccc(F)c(Cl)c2)CC1. The van der Waals surface area contributed by atoms with Crippen LogP contribution in [-0.2, 0) is 9.59 Å². The van der Waals surface area contributed by atoms with Gasteiger partial charge in [0.05, 0.1) is 10.7 Å². The molecule has 154 valence electrons. The number of likely N-dealkylation sites (tertiary alicyclic amines) is 1. The van der Waals surface area contributed by atoms with Gasteiger partial charge < -0.3 is 15.5 Å². The lowest BCUT2D eigenvalue weighted by molar-refractivity contribution is -0.136. The number of amides is 3. The molecule has 2 aromatic rings. The highest BCUT2D eigenvalue weighted by Crippen LogP contribution is 2.21. The number of nitrogens with one attached hydrogen (secondary N) is 2. The maximum absolute atomic E-state index is 13.1. The van der Waals surface area contributed by atoms with E-state index in [-0.39, 0.29) is 22.5 Å². The third-order valence-corrected chi connectivity index (χ3v) is 5.79. The molecule has 0 aliphatic carbocycles. The molecule has 3 rings (SSSR count). The van der Waals surface area contributed by atoms with Gasteiger partial charge in [-0.05, 0) is 55.4 Å². The van der Waals surface area contributed by atoms with Crippen LogP contribution in [0.5, 0.6) is 0 Å². The number of aryl methyl sites for hydroxylation is 1. The molecule has 0 spiro atoms. The molecule has 1 saturated heterocycles. The fourth-order valence-corrected chi connectivity index (χ4v) is 3.80. The van der Waals surface area contributed by atoms with Gasteiger partial charge in [-0.1, -0.05) is 16.1 Å². The molecule has 1 aliphatic rings. The van der Waals surface area contributed by atoms with E-state index >= 15 is 0 Å². The van der Waals surface area contributed by atoms with Crippen LogP contribution in [0.3, 0.4) is 0 Å². The molecule has 1 aromatic carbocycles. The van der Waals surface area contributed by atoms with E-state index in [0.717, 1.165) is 17.6 Å². The van der Waals surface area contributed by atoms with Crippen molar-refractivity contribution in [2.75, 3.05) is 25.0 Å². The summed E-state index contributed by atoms with van der Waals surface area (Å²) in [5, 5.41) is 8.69. The minimum Gasteiger partial charge on any atom is -0.348 e. The van der Waals surface area contributed by atoms with Crippen LogP contribution in [-0.4, -0.2) is 51.8 Å². The smallest absolute Gasteiger partial charge is 0.313 e. The van der Waals surface area contributed by atoms with Gasteiger partial charge in [0.15, 0.2) is 0 Å². The van der Waals surface area contributed by atoms with Gasteiger partial charge in [-0.25, -0.2) is 4.39 Å². The van der Waals surface area contributed by atoms with E-state index in [9.17, 15) is 18.8 Å². The zero-order valence-corrected chi connectivity index (χ0v) is 17.1. The largest absolute Gasteiger partial charge is 0.348 e. The van der Waals surface area contributed by atoms with Gasteiger partial charge in [0.1, 0.15) is 10.7 Å². The first-order chi connectivity index (χ1) is 13.8. The van der Waals surface area contributed by atoms with Gasteiger partial charge in [-0.2, -0.15) is 0 Å². The highest BCUT2D eigenvalue weighted by molar-refractivity contribution is 7.07. The summed E-state index contributed by atoms with van der Waals surface area (Å²) in [7, 11) is 0. The molecule has 0 radical (unpaired) electrons. The van der Waals surface area contributed by atoms with Crippen molar-refractivity contribution in [3.63, 3.8) is 0 Å². The molecule has 2 N–H and O–H groups in total. The molecule has 2 heterocycles. The maximum atomic E-state index is 13.1. The van der Waals surface area contributed by atoms with E-state index in [0.29, 0.717) is 43.0 Å². The summed E-state index contributed by atoms with van der Waals surface area (Å²) in [6.07, 6.45) is 1.43. The Morgan fingerprint density at radius 2 is 2.00 bits per heavy atom. The minimum atomic E-state index is -0.853. The van der Waals surface area contributed by atoms with Crippen LogP contribution in [0.4, 0.5) is 10.1 Å². The average molecular weight is 440 g/mol. The summed E-state index contributed by atoms with van der Waals surface area (Å²) in [5.74, 6) is -2.15. The zero-order chi connectivity index (χ0) is 21.0. The lowest BCUT2D eigenvalue weighted by Crippen LogP contribution is -2.43. The minimum absolute atomic E-state index is 0.0719. The fourth-order valence-electron chi connectivity index (χ4n) is 2.99. The Labute approximate surface area is 175 Å². The van der Waals surface area contributed by atoms with Crippen molar-refractivity contribution in [2.45, 2.75) is 19.8 Å². The summed E-state index contributed by atoms with van der Waals surface area (Å²) in [4.78, 5) is 38.7. The Balaban J connectivity index is 1.43. The summed E-state index contributed by atoms with van der Waals surface area (Å²) in [6, 6.07) is 3.66. The molecule has 29 heavy (non-hydrogen) atoms. The number of hydrogen-bond acceptors (Lipinski definition) is 6. The Morgan fingerprint density at radius 3 is 2.62 bits per heavy atom. The van der Waals surface area contributed by atoms with E-state index in [1.807, 2.05) is 0 Å². The normalized spacial score (nSPS) is 14.5. The van der Waals surface area contributed by atoms with Crippen molar-refractivity contribution in [1.82, 2.24) is 19.8 Å². The molecule has 0 atom stereocenters. The van der Waals surface area contributed by atoms with Crippen molar-refractivity contribution < 1.29 is 18.8 Å². The van der Waals surface area contributed by atoms with Crippen LogP contribution in [0, 0.1) is 18.7 Å². The number of aromatic nitrogens is 2. The second-order valence-corrected chi connectivity index (χ2v) is 7.88. The number of benzene rings is 1. The Hall–Kier alpha value is -2.59. The van der Waals surface area contributed by atoms with Crippen LogP contribution in [0.15, 0.2) is 18.2 Å². The van der Waals surface area contributed by atoms with Crippen LogP contribution < -0.4 is 10.6 Å². The molecule has 0 saturated carbocycles. The first-order valence-electron chi connectivity index (χ1n) is 8.97. The number of anilines is 1. The van der Waals surface area contributed by atoms with Crippen LogP contribution in [0.1, 0.15) is 28.2 Å². The summed E-state index contributed by atoms with van der Waals surface area (Å²) < 4.78 is 16.9. The zero-order valence-electron chi connectivity index (χ0n) is 15.6. The highest BCUT2D eigenvalue weighted by Gasteiger charge is 2.26. The molecule has 0 unspecified atom stereocenters. The van der Waals surface area contributed by atoms with Crippen molar-refractivity contribution in [1.29, 1.82) is 0 Å². The second kappa shape index (κ2) is 9.27. The van der Waals surface area contributed by atoms with Crippen molar-refractivity contribution in [2.24, 2.45) is 5.92 Å². The molecule has 1 aromatic heterocycles. The first kappa shape index (κ1) is 21.1. The summed E-state index contributed by atoms with van der Waals surface area (Å²) >= 11 is 6.74. The van der Waals surface area contributed by atoms with Gasteiger partial charge >= 0.3 is 11.8 Å². The molecular formula is C18H19ClFN5O3S. The van der Waals surface area contributed by atoms with Gasteiger partial charge in [-0.15, -0.1) is 5.10 Å². The molecule has 1 aliphatic heterocycles. The molecule has 8 nitrogen and oxygen atoms in total. The number of carbonyl (C=O) groups excluding carboxylic acids is 3. The van der Waals surface area contributed by atoms with E-state index < -0.39 is 17.6 Å². The van der Waals surface area contributed by atoms with Crippen LogP contribution in [0.2, 0.25) is 5.02 Å². The second-order valence-electron chi connectivity index (χ2n) is 6.72. The monoisotopic (exact) mass is 439 g/mol. The van der Waals surface area contributed by atoms with Gasteiger partial charge in [0.2, 0.25) is 0 Å². The van der Waals surface area contributed by atoms with E-state index in [4.69, 9.17) is 11.6 Å². The predicted octanol–water partition coefficient (Wildman–Crippen LogP) is 2.25. The molecule has 11 heteroatoms. The number of piperidine rings is 1.